The molecule has 0 radical (unpaired) electrons. The number of halogens is 3. The quantitative estimate of drug-likeness (QED) is 0.312. The van der Waals surface area contributed by atoms with Gasteiger partial charge >= 0.3 is 6.03 Å². The first-order chi connectivity index (χ1) is 22.0. The summed E-state index contributed by atoms with van der Waals surface area (Å²) < 4.78 is 33.9. The van der Waals surface area contributed by atoms with Crippen molar-refractivity contribution in [2.24, 2.45) is 4.99 Å². The number of amidine groups is 1. The molecule has 2 aliphatic rings. The predicted octanol–water partition coefficient (Wildman–Crippen LogP) is 5.57. The highest BCUT2D eigenvalue weighted by Crippen LogP contribution is 2.46. The Morgan fingerprint density at radius 3 is 2.09 bits per heavy atom. The van der Waals surface area contributed by atoms with Crippen LogP contribution in [0.5, 0.6) is 5.75 Å². The van der Waals surface area contributed by atoms with E-state index in [-0.39, 0.29) is 35.0 Å². The molecule has 1 saturated heterocycles. The van der Waals surface area contributed by atoms with Gasteiger partial charge in [0.25, 0.3) is 0 Å². The average Bonchev–Trinajstić information content (AvgIpc) is 3.42. The predicted molar refractivity (Wildman–Crippen MR) is 181 cm³/mol. The zero-order valence-electron chi connectivity index (χ0n) is 25.7. The molecule has 1 N–H and O–H groups in total. The molecule has 3 aromatic rings. The summed E-state index contributed by atoms with van der Waals surface area (Å²) in [6.07, 6.45) is 0. The topological polar surface area (TPSA) is 106 Å². The second kappa shape index (κ2) is 14.5. The van der Waals surface area contributed by atoms with Gasteiger partial charge in [-0.25, -0.2) is 17.5 Å². The Kier molecular flexibility index (Phi) is 10.8. The summed E-state index contributed by atoms with van der Waals surface area (Å²) in [4.78, 5) is 25.2. The molecule has 14 heteroatoms. The Morgan fingerprint density at radius 2 is 1.54 bits per heavy atom. The summed E-state index contributed by atoms with van der Waals surface area (Å²) in [6.45, 7) is 4.67. The highest BCUT2D eigenvalue weighted by molar-refractivity contribution is 7.89. The lowest BCUT2D eigenvalue weighted by molar-refractivity contribution is 0.108. The van der Waals surface area contributed by atoms with Crippen LogP contribution in [-0.4, -0.2) is 104 Å². The lowest BCUT2D eigenvalue weighted by Crippen LogP contribution is -2.54. The largest absolute Gasteiger partial charge is 0.493 e. The molecule has 2 atom stereocenters. The Labute approximate surface area is 284 Å². The second-order valence-electron chi connectivity index (χ2n) is 11.1. The van der Waals surface area contributed by atoms with Crippen molar-refractivity contribution < 1.29 is 23.1 Å². The maximum atomic E-state index is 14.7. The van der Waals surface area contributed by atoms with Gasteiger partial charge in [0, 0.05) is 62.9 Å². The number of aliphatic hydroxyl groups is 1. The van der Waals surface area contributed by atoms with Crippen LogP contribution in [0.3, 0.4) is 0 Å². The van der Waals surface area contributed by atoms with Crippen LogP contribution in [-0.2, 0) is 10.0 Å². The second-order valence-corrected chi connectivity index (χ2v) is 14.5. The van der Waals surface area contributed by atoms with Gasteiger partial charge < -0.3 is 14.7 Å². The van der Waals surface area contributed by atoms with E-state index in [2.05, 4.69) is 4.90 Å². The number of aliphatic hydroxyl groups excluding tert-OH is 1. The minimum atomic E-state index is -3.98. The molecule has 0 spiro atoms. The highest BCUT2D eigenvalue weighted by atomic mass is 35.5. The van der Waals surface area contributed by atoms with E-state index in [0.717, 1.165) is 15.4 Å². The summed E-state index contributed by atoms with van der Waals surface area (Å²) in [5.74, 6) is 0.541. The molecular weight excluding hydrogens is 673 g/mol. The van der Waals surface area contributed by atoms with Crippen molar-refractivity contribution in [3.63, 3.8) is 0 Å². The Balaban J connectivity index is 1.73. The van der Waals surface area contributed by atoms with Gasteiger partial charge in [-0.15, -0.1) is 0 Å². The first-order valence-corrected chi connectivity index (χ1v) is 17.4. The molecular formula is C32H36Cl3N5O5S. The van der Waals surface area contributed by atoms with E-state index in [1.807, 2.05) is 24.3 Å². The van der Waals surface area contributed by atoms with Gasteiger partial charge in [-0.1, -0.05) is 59.1 Å². The van der Waals surface area contributed by atoms with Crippen molar-refractivity contribution in [2.45, 2.75) is 23.9 Å². The molecule has 0 saturated carbocycles. The van der Waals surface area contributed by atoms with Crippen LogP contribution in [0.25, 0.3) is 0 Å². The van der Waals surface area contributed by atoms with Crippen LogP contribution in [0.4, 0.5) is 4.79 Å². The minimum absolute atomic E-state index is 0.0131. The molecule has 1 fully saturated rings. The standard InChI is InChI=1S/C32H36Cl3N5O5S/c1-4-45-27-20-26(35)28(46(43,44)37(2)3)19-25(27)31-36-29(21-5-9-23(33)10-6-21)30(22-7-11-24(34)12-8-22)40(31)32(42)39-15-13-38(14-16-39)17-18-41/h5-12,19-20,29-30,41H,4,13-18H2,1-3H3/t29-,30+/m0/s1. The molecule has 46 heavy (non-hydrogen) atoms. The van der Waals surface area contributed by atoms with Gasteiger partial charge in [-0.3, -0.25) is 14.8 Å². The number of hydrogen-bond donors (Lipinski definition) is 1. The van der Waals surface area contributed by atoms with Crippen LogP contribution in [0.15, 0.2) is 70.6 Å². The van der Waals surface area contributed by atoms with Gasteiger partial charge in [0.15, 0.2) is 0 Å². The number of ether oxygens (including phenoxy) is 1. The van der Waals surface area contributed by atoms with Crippen molar-refractivity contribution in [1.82, 2.24) is 19.0 Å². The number of sulfonamides is 1. The smallest absolute Gasteiger partial charge is 0.326 e. The Bertz CT molecular complexity index is 1700. The van der Waals surface area contributed by atoms with Crippen molar-refractivity contribution in [1.29, 1.82) is 0 Å². The van der Waals surface area contributed by atoms with Gasteiger partial charge in [-0.2, -0.15) is 0 Å². The molecule has 0 aromatic heterocycles. The van der Waals surface area contributed by atoms with Gasteiger partial charge in [0.2, 0.25) is 10.0 Å². The lowest BCUT2D eigenvalue weighted by Gasteiger charge is -2.39. The maximum absolute atomic E-state index is 14.7. The van der Waals surface area contributed by atoms with E-state index in [1.165, 1.54) is 26.2 Å². The number of urea groups is 1. The highest BCUT2D eigenvalue weighted by Gasteiger charge is 2.45. The number of rotatable bonds is 9. The van der Waals surface area contributed by atoms with E-state index in [9.17, 15) is 18.3 Å². The van der Waals surface area contributed by atoms with Crippen LogP contribution >= 0.6 is 34.8 Å². The van der Waals surface area contributed by atoms with E-state index in [1.54, 1.807) is 41.0 Å². The van der Waals surface area contributed by atoms with Crippen molar-refractivity contribution >= 4 is 56.7 Å². The van der Waals surface area contributed by atoms with Crippen LogP contribution in [0.1, 0.15) is 35.7 Å². The van der Waals surface area contributed by atoms with Gasteiger partial charge in [-0.05, 0) is 48.4 Å². The van der Waals surface area contributed by atoms with E-state index in [0.29, 0.717) is 54.1 Å². The summed E-state index contributed by atoms with van der Waals surface area (Å²) in [5.41, 5.74) is 1.90. The van der Waals surface area contributed by atoms with Crippen LogP contribution in [0, 0.1) is 0 Å². The first-order valence-electron chi connectivity index (χ1n) is 14.9. The number of carbonyl (C=O) groups excluding carboxylic acids is 1. The molecule has 10 nitrogen and oxygen atoms in total. The van der Waals surface area contributed by atoms with Gasteiger partial charge in [0.1, 0.15) is 22.5 Å². The lowest BCUT2D eigenvalue weighted by atomic mass is 9.93. The zero-order valence-corrected chi connectivity index (χ0v) is 28.8. The van der Waals surface area contributed by atoms with Crippen LogP contribution in [0.2, 0.25) is 15.1 Å². The SMILES string of the molecule is CCOc1cc(Cl)c(S(=O)(=O)N(C)C)cc1C1=N[C@@H](c2ccc(Cl)cc2)[C@@H](c2ccc(Cl)cc2)N1C(=O)N1CCN(CCO)CC1. The summed E-state index contributed by atoms with van der Waals surface area (Å²) in [6, 6.07) is 15.9. The molecule has 2 amide bonds. The third-order valence-corrected chi connectivity index (χ3v) is 10.9. The number of piperazine rings is 1. The minimum Gasteiger partial charge on any atom is -0.493 e. The van der Waals surface area contributed by atoms with Crippen molar-refractivity contribution in [3.8, 4) is 5.75 Å². The monoisotopic (exact) mass is 707 g/mol. The number of carbonyl (C=O) groups is 1. The van der Waals surface area contributed by atoms with E-state index in [4.69, 9.17) is 44.5 Å². The Hall–Kier alpha value is -2.90. The first kappa shape index (κ1) is 34.4. The molecule has 0 aliphatic carbocycles. The summed E-state index contributed by atoms with van der Waals surface area (Å²) in [7, 11) is -1.13. The fraction of sp³-hybridized carbons (Fsp3) is 0.375. The third-order valence-electron chi connectivity index (χ3n) is 8.09. The number of amides is 2. The van der Waals surface area contributed by atoms with Crippen molar-refractivity contribution in [3.05, 3.63) is 92.4 Å². The molecule has 0 bridgehead atoms. The molecule has 2 heterocycles. The van der Waals surface area contributed by atoms with Crippen molar-refractivity contribution in [2.75, 3.05) is 60.0 Å². The molecule has 0 unspecified atom stereocenters. The fourth-order valence-corrected chi connectivity index (χ4v) is 7.35. The summed E-state index contributed by atoms with van der Waals surface area (Å²) >= 11 is 19.1. The molecule has 246 valence electrons. The molecule has 2 aliphatic heterocycles. The molecule has 5 rings (SSSR count). The maximum Gasteiger partial charge on any atom is 0.326 e. The van der Waals surface area contributed by atoms with Crippen LogP contribution < -0.4 is 4.74 Å². The molecule has 3 aromatic carbocycles. The number of hydrogen-bond acceptors (Lipinski definition) is 7. The number of aliphatic imine (C=N–C) groups is 1. The average molecular weight is 709 g/mol. The number of benzene rings is 3. The number of nitrogens with zero attached hydrogens (tertiary/aromatic N) is 5. The summed E-state index contributed by atoms with van der Waals surface area (Å²) in [5, 5.41) is 10.5. The normalized spacial score (nSPS) is 19.1. The van der Waals surface area contributed by atoms with E-state index < -0.39 is 22.1 Å². The zero-order chi connectivity index (χ0) is 33.2. The number of β-amino-alcohol motifs (C(OH)–C–C–N with tert-alkyl or cyclic N) is 1. The van der Waals surface area contributed by atoms with Gasteiger partial charge in [0.05, 0.1) is 29.8 Å². The van der Waals surface area contributed by atoms with E-state index >= 15 is 0 Å². The third kappa shape index (κ3) is 7.01. The fourth-order valence-electron chi connectivity index (χ4n) is 5.69. The Morgan fingerprint density at radius 1 is 0.957 bits per heavy atom.